The molecule has 3 aromatic rings. The molecule has 5 atom stereocenters. The number of ether oxygens (including phenoxy) is 1. The van der Waals surface area contributed by atoms with E-state index in [9.17, 15) is 10.2 Å². The molecule has 0 unspecified atom stereocenters. The number of fused-ring (bicyclic) bond motifs is 5. The molecule has 0 bridgehead atoms. The molecule has 35 heavy (non-hydrogen) atoms. The Kier molecular flexibility index (Phi) is 5.64. The van der Waals surface area contributed by atoms with Crippen molar-refractivity contribution in [2.75, 3.05) is 0 Å². The number of rotatable bonds is 5. The van der Waals surface area contributed by atoms with E-state index in [4.69, 9.17) is 4.74 Å². The fraction of sp³-hybridized carbons (Fsp3) is 0.438. The quantitative estimate of drug-likeness (QED) is 0.433. The van der Waals surface area contributed by atoms with Crippen molar-refractivity contribution in [2.24, 2.45) is 17.3 Å². The highest BCUT2D eigenvalue weighted by molar-refractivity contribution is 5.40. The van der Waals surface area contributed by atoms with Gasteiger partial charge in [0.05, 0.1) is 5.60 Å². The van der Waals surface area contributed by atoms with E-state index in [0.717, 1.165) is 49.0 Å². The van der Waals surface area contributed by atoms with Crippen molar-refractivity contribution < 1.29 is 14.9 Å². The zero-order chi connectivity index (χ0) is 24.0. The van der Waals surface area contributed by atoms with E-state index in [0.29, 0.717) is 36.5 Å². The Labute approximate surface area is 208 Å². The maximum atomic E-state index is 12.1. The molecule has 2 fully saturated rings. The maximum Gasteiger partial charge on any atom is 0.120 e. The average molecular weight is 469 g/mol. The Morgan fingerprint density at radius 1 is 0.886 bits per heavy atom. The normalized spacial score (nSPS) is 31.3. The summed E-state index contributed by atoms with van der Waals surface area (Å²) in [6.07, 6.45) is 7.04. The fourth-order valence-electron chi connectivity index (χ4n) is 7.79. The van der Waals surface area contributed by atoms with Gasteiger partial charge in [-0.15, -0.1) is 0 Å². The van der Waals surface area contributed by atoms with Gasteiger partial charge >= 0.3 is 0 Å². The van der Waals surface area contributed by atoms with Crippen molar-refractivity contribution in [3.63, 3.8) is 0 Å². The summed E-state index contributed by atoms with van der Waals surface area (Å²) in [4.78, 5) is 0. The van der Waals surface area contributed by atoms with Crippen LogP contribution in [0.3, 0.4) is 0 Å². The van der Waals surface area contributed by atoms with Gasteiger partial charge in [-0.1, -0.05) is 55.5 Å². The van der Waals surface area contributed by atoms with Crippen LogP contribution in [0.1, 0.15) is 67.2 Å². The van der Waals surface area contributed by atoms with E-state index in [1.807, 2.05) is 36.4 Å². The molecule has 6 rings (SSSR count). The number of hydrogen-bond acceptors (Lipinski definition) is 3. The van der Waals surface area contributed by atoms with Crippen molar-refractivity contribution in [1.82, 2.24) is 0 Å². The second kappa shape index (κ2) is 8.71. The van der Waals surface area contributed by atoms with Gasteiger partial charge in [-0.2, -0.15) is 0 Å². The number of aliphatic hydroxyl groups is 1. The third-order valence-electron chi connectivity index (χ3n) is 9.68. The van der Waals surface area contributed by atoms with Crippen LogP contribution in [0, 0.1) is 17.3 Å². The molecule has 2 N–H and O–H groups in total. The summed E-state index contributed by atoms with van der Waals surface area (Å²) in [5.74, 6) is 2.99. The molecule has 3 nitrogen and oxygen atoms in total. The Hall–Kier alpha value is -2.78. The molecule has 0 aliphatic heterocycles. The minimum absolute atomic E-state index is 0.0660. The van der Waals surface area contributed by atoms with Crippen LogP contribution in [0.15, 0.2) is 72.8 Å². The second-order valence-electron chi connectivity index (χ2n) is 11.4. The maximum absolute atomic E-state index is 12.1. The minimum Gasteiger partial charge on any atom is -0.508 e. The zero-order valence-electron chi connectivity index (χ0n) is 20.6. The van der Waals surface area contributed by atoms with Gasteiger partial charge < -0.3 is 14.9 Å². The van der Waals surface area contributed by atoms with Crippen LogP contribution < -0.4 is 4.74 Å². The summed E-state index contributed by atoms with van der Waals surface area (Å²) >= 11 is 0. The summed E-state index contributed by atoms with van der Waals surface area (Å²) in [7, 11) is 0. The van der Waals surface area contributed by atoms with Crippen molar-refractivity contribution in [3.8, 4) is 11.5 Å². The Balaban J connectivity index is 1.19. The number of phenolic OH excluding ortho intramolecular Hbond substituents is 1. The van der Waals surface area contributed by atoms with Gasteiger partial charge in [0, 0.05) is 6.42 Å². The molecular formula is C32H36O3. The standard InChI is InChI=1S/C32H36O3/c1-31-16-14-28-27-13-11-25(33)19-24(27)10-12-29(28)30(31)15-17-32(31,34)20-23-8-5-9-26(18-23)35-21-22-6-3-2-4-7-22/h2-9,11,13,18-19,28-30,33-34H,10,12,14-17,20-21H2,1H3/t28-,29-,30+,31+,32-/m1/s1. The highest BCUT2D eigenvalue weighted by Gasteiger charge is 2.61. The Morgan fingerprint density at radius 2 is 1.71 bits per heavy atom. The second-order valence-corrected chi connectivity index (χ2v) is 11.4. The number of aryl methyl sites for hydroxylation is 1. The summed E-state index contributed by atoms with van der Waals surface area (Å²) in [6.45, 7) is 2.92. The molecule has 0 heterocycles. The molecule has 3 aliphatic carbocycles. The average Bonchev–Trinajstić information content (AvgIpc) is 3.13. The van der Waals surface area contributed by atoms with Crippen LogP contribution in [0.2, 0.25) is 0 Å². The molecule has 0 saturated heterocycles. The SMILES string of the molecule is C[C@]12CC[C@@H]3c4ccc(O)cc4CC[C@H]3[C@@H]1CC[C@@]2(O)Cc1cccc(OCc2ccccc2)c1. The lowest BCUT2D eigenvalue weighted by atomic mass is 9.53. The highest BCUT2D eigenvalue weighted by Crippen LogP contribution is 2.64. The third-order valence-corrected chi connectivity index (χ3v) is 9.68. The van der Waals surface area contributed by atoms with Crippen LogP contribution in [-0.2, 0) is 19.4 Å². The molecule has 0 amide bonds. The number of aromatic hydroxyl groups is 1. The molecule has 0 radical (unpaired) electrons. The molecule has 3 aliphatic rings. The van der Waals surface area contributed by atoms with Crippen LogP contribution in [0.5, 0.6) is 11.5 Å². The Morgan fingerprint density at radius 3 is 2.57 bits per heavy atom. The van der Waals surface area contributed by atoms with Crippen molar-refractivity contribution in [2.45, 2.75) is 70.0 Å². The summed E-state index contributed by atoms with van der Waals surface area (Å²) in [5.41, 5.74) is 4.34. The van der Waals surface area contributed by atoms with Gasteiger partial charge in [-0.05, 0) is 108 Å². The lowest BCUT2D eigenvalue weighted by Gasteiger charge is -2.53. The summed E-state index contributed by atoms with van der Waals surface area (Å²) in [6, 6.07) is 24.5. The first kappa shape index (κ1) is 22.7. The van der Waals surface area contributed by atoms with E-state index in [1.165, 1.54) is 17.5 Å². The molecule has 2 saturated carbocycles. The van der Waals surface area contributed by atoms with Crippen LogP contribution in [-0.4, -0.2) is 15.8 Å². The van der Waals surface area contributed by atoms with Gasteiger partial charge in [-0.25, -0.2) is 0 Å². The molecule has 182 valence electrons. The lowest BCUT2D eigenvalue weighted by molar-refractivity contribution is -0.102. The number of hydrogen-bond donors (Lipinski definition) is 2. The van der Waals surface area contributed by atoms with Gasteiger partial charge in [0.1, 0.15) is 18.1 Å². The van der Waals surface area contributed by atoms with Gasteiger partial charge in [0.25, 0.3) is 0 Å². The summed E-state index contributed by atoms with van der Waals surface area (Å²) in [5, 5.41) is 22.1. The molecule has 0 spiro atoms. The van der Waals surface area contributed by atoms with Crippen molar-refractivity contribution in [3.05, 3.63) is 95.1 Å². The first-order valence-corrected chi connectivity index (χ1v) is 13.3. The van der Waals surface area contributed by atoms with E-state index in [-0.39, 0.29) is 5.41 Å². The highest BCUT2D eigenvalue weighted by atomic mass is 16.5. The van der Waals surface area contributed by atoms with Crippen LogP contribution in [0.4, 0.5) is 0 Å². The van der Waals surface area contributed by atoms with Gasteiger partial charge in [0.2, 0.25) is 0 Å². The molecular weight excluding hydrogens is 432 g/mol. The van der Waals surface area contributed by atoms with Crippen LogP contribution in [0.25, 0.3) is 0 Å². The molecule has 3 aromatic carbocycles. The lowest BCUT2D eigenvalue weighted by Crippen LogP contribution is -2.51. The topological polar surface area (TPSA) is 49.7 Å². The monoisotopic (exact) mass is 468 g/mol. The molecule has 3 heteroatoms. The molecule has 0 aromatic heterocycles. The van der Waals surface area contributed by atoms with Crippen LogP contribution >= 0.6 is 0 Å². The minimum atomic E-state index is -0.685. The van der Waals surface area contributed by atoms with Crippen molar-refractivity contribution in [1.29, 1.82) is 0 Å². The number of phenols is 1. The van der Waals surface area contributed by atoms with E-state index >= 15 is 0 Å². The zero-order valence-corrected chi connectivity index (χ0v) is 20.6. The smallest absolute Gasteiger partial charge is 0.120 e. The van der Waals surface area contributed by atoms with Crippen molar-refractivity contribution >= 4 is 0 Å². The van der Waals surface area contributed by atoms with E-state index in [1.54, 1.807) is 0 Å². The largest absolute Gasteiger partial charge is 0.508 e. The predicted molar refractivity (Wildman–Crippen MR) is 139 cm³/mol. The van der Waals surface area contributed by atoms with Gasteiger partial charge in [0.15, 0.2) is 0 Å². The summed E-state index contributed by atoms with van der Waals surface area (Å²) < 4.78 is 6.07. The predicted octanol–water partition coefficient (Wildman–Crippen LogP) is 6.80. The fourth-order valence-corrected chi connectivity index (χ4v) is 7.79. The van der Waals surface area contributed by atoms with E-state index < -0.39 is 5.60 Å². The third kappa shape index (κ3) is 3.94. The van der Waals surface area contributed by atoms with Gasteiger partial charge in [-0.3, -0.25) is 0 Å². The number of benzene rings is 3. The Bertz CT molecular complexity index is 1200. The van der Waals surface area contributed by atoms with E-state index in [2.05, 4.69) is 43.3 Å². The first-order chi connectivity index (χ1) is 17.0. The first-order valence-electron chi connectivity index (χ1n) is 13.3.